The van der Waals surface area contributed by atoms with Crippen molar-refractivity contribution in [1.82, 2.24) is 0 Å². The van der Waals surface area contributed by atoms with Crippen LogP contribution in [0.5, 0.6) is 0 Å². The molecular weight excluding hydrogens is 190 g/mol. The molecule has 2 rings (SSSR count). The number of anilines is 1. The van der Waals surface area contributed by atoms with Crippen molar-refractivity contribution in [3.63, 3.8) is 0 Å². The van der Waals surface area contributed by atoms with E-state index in [1.807, 2.05) is 6.07 Å². The standard InChI is InChI=1S/C12H15NO2/c1-8-3-2-4-9-5-6-10(7-11(14)15)13-12(8)9/h2-4,10,13H,5-7H2,1H3,(H,14,15). The van der Waals surface area contributed by atoms with Gasteiger partial charge in [-0.05, 0) is 30.9 Å². The van der Waals surface area contributed by atoms with Crippen LogP contribution in [0, 0.1) is 6.92 Å². The van der Waals surface area contributed by atoms with Crippen LogP contribution in [0.2, 0.25) is 0 Å². The largest absolute Gasteiger partial charge is 0.481 e. The van der Waals surface area contributed by atoms with Crippen LogP contribution in [-0.4, -0.2) is 17.1 Å². The Morgan fingerprint density at radius 2 is 2.40 bits per heavy atom. The second-order valence-electron chi connectivity index (χ2n) is 4.09. The van der Waals surface area contributed by atoms with Crippen molar-refractivity contribution in [2.75, 3.05) is 5.32 Å². The van der Waals surface area contributed by atoms with Crippen LogP contribution in [0.25, 0.3) is 0 Å². The lowest BCUT2D eigenvalue weighted by atomic mass is 9.94. The summed E-state index contributed by atoms with van der Waals surface area (Å²) in [6.45, 7) is 2.05. The number of fused-ring (bicyclic) bond motifs is 1. The third-order valence-corrected chi connectivity index (χ3v) is 2.89. The van der Waals surface area contributed by atoms with Gasteiger partial charge in [0.05, 0.1) is 6.42 Å². The van der Waals surface area contributed by atoms with E-state index in [4.69, 9.17) is 5.11 Å². The molecule has 1 aromatic rings. The van der Waals surface area contributed by atoms with Crippen LogP contribution in [-0.2, 0) is 11.2 Å². The predicted molar refractivity (Wildman–Crippen MR) is 59.2 cm³/mol. The van der Waals surface area contributed by atoms with Crippen LogP contribution < -0.4 is 5.32 Å². The van der Waals surface area contributed by atoms with Crippen molar-refractivity contribution in [2.45, 2.75) is 32.2 Å². The van der Waals surface area contributed by atoms with E-state index in [0.29, 0.717) is 0 Å². The molecule has 0 aromatic heterocycles. The van der Waals surface area contributed by atoms with Gasteiger partial charge >= 0.3 is 5.97 Å². The number of rotatable bonds is 2. The predicted octanol–water partition coefficient (Wildman–Crippen LogP) is 2.20. The summed E-state index contributed by atoms with van der Waals surface area (Å²) in [5.74, 6) is -0.732. The van der Waals surface area contributed by atoms with Crippen LogP contribution >= 0.6 is 0 Å². The van der Waals surface area contributed by atoms with Gasteiger partial charge in [0.25, 0.3) is 0 Å². The minimum absolute atomic E-state index is 0.0797. The molecular formula is C12H15NO2. The van der Waals surface area contributed by atoms with Crippen molar-refractivity contribution in [1.29, 1.82) is 0 Å². The smallest absolute Gasteiger partial charge is 0.305 e. The number of aryl methyl sites for hydroxylation is 2. The lowest BCUT2D eigenvalue weighted by Crippen LogP contribution is -2.28. The maximum absolute atomic E-state index is 10.6. The average Bonchev–Trinajstić information content (AvgIpc) is 2.18. The first-order valence-electron chi connectivity index (χ1n) is 5.23. The number of hydrogen-bond acceptors (Lipinski definition) is 2. The molecule has 15 heavy (non-hydrogen) atoms. The highest BCUT2D eigenvalue weighted by Gasteiger charge is 2.20. The molecule has 0 radical (unpaired) electrons. The molecule has 2 N–H and O–H groups in total. The number of nitrogens with one attached hydrogen (secondary N) is 1. The summed E-state index contributed by atoms with van der Waals surface area (Å²) < 4.78 is 0. The van der Waals surface area contributed by atoms with Crippen molar-refractivity contribution in [3.8, 4) is 0 Å². The average molecular weight is 205 g/mol. The zero-order valence-corrected chi connectivity index (χ0v) is 8.79. The second-order valence-corrected chi connectivity index (χ2v) is 4.09. The quantitative estimate of drug-likeness (QED) is 0.778. The van der Waals surface area contributed by atoms with Crippen LogP contribution in [0.4, 0.5) is 5.69 Å². The molecule has 3 nitrogen and oxygen atoms in total. The molecule has 0 aliphatic carbocycles. The highest BCUT2D eigenvalue weighted by molar-refractivity contribution is 5.69. The Morgan fingerprint density at radius 3 is 3.13 bits per heavy atom. The number of carboxylic acids is 1. The Hall–Kier alpha value is -1.51. The van der Waals surface area contributed by atoms with E-state index in [-0.39, 0.29) is 12.5 Å². The number of aliphatic carboxylic acids is 1. The first-order valence-corrected chi connectivity index (χ1v) is 5.23. The zero-order chi connectivity index (χ0) is 10.8. The van der Waals surface area contributed by atoms with Gasteiger partial charge in [0.2, 0.25) is 0 Å². The van der Waals surface area contributed by atoms with E-state index in [0.717, 1.165) is 18.5 Å². The minimum atomic E-state index is -0.732. The number of para-hydroxylation sites is 1. The van der Waals surface area contributed by atoms with Crippen molar-refractivity contribution in [3.05, 3.63) is 29.3 Å². The van der Waals surface area contributed by atoms with Crippen molar-refractivity contribution >= 4 is 11.7 Å². The van der Waals surface area contributed by atoms with Gasteiger partial charge in [0, 0.05) is 11.7 Å². The molecule has 0 amide bonds. The fraction of sp³-hybridized carbons (Fsp3) is 0.417. The van der Waals surface area contributed by atoms with E-state index in [9.17, 15) is 4.79 Å². The number of hydrogen-bond donors (Lipinski definition) is 2. The fourth-order valence-electron chi connectivity index (χ4n) is 2.11. The first-order chi connectivity index (χ1) is 7.16. The lowest BCUT2D eigenvalue weighted by molar-refractivity contribution is -0.137. The Balaban J connectivity index is 2.18. The Morgan fingerprint density at radius 1 is 1.60 bits per heavy atom. The fourth-order valence-corrected chi connectivity index (χ4v) is 2.11. The molecule has 3 heteroatoms. The molecule has 1 unspecified atom stereocenters. The van der Waals surface area contributed by atoms with Crippen molar-refractivity contribution in [2.24, 2.45) is 0 Å². The summed E-state index contributed by atoms with van der Waals surface area (Å²) in [5, 5.41) is 12.1. The van der Waals surface area contributed by atoms with E-state index < -0.39 is 5.97 Å². The van der Waals surface area contributed by atoms with Crippen LogP contribution in [0.3, 0.4) is 0 Å². The van der Waals surface area contributed by atoms with Gasteiger partial charge in [0.15, 0.2) is 0 Å². The Labute approximate surface area is 89.1 Å². The third kappa shape index (κ3) is 2.12. The van der Waals surface area contributed by atoms with E-state index in [2.05, 4.69) is 24.4 Å². The summed E-state index contributed by atoms with van der Waals surface area (Å²) in [7, 11) is 0. The molecule has 0 fully saturated rings. The minimum Gasteiger partial charge on any atom is -0.481 e. The van der Waals surface area contributed by atoms with Gasteiger partial charge in [0.1, 0.15) is 0 Å². The molecule has 1 heterocycles. The Kier molecular flexibility index (Phi) is 2.62. The molecule has 1 atom stereocenters. The molecule has 1 aromatic carbocycles. The molecule has 0 saturated heterocycles. The van der Waals surface area contributed by atoms with E-state index in [1.54, 1.807) is 0 Å². The van der Waals surface area contributed by atoms with Gasteiger partial charge < -0.3 is 10.4 Å². The summed E-state index contributed by atoms with van der Waals surface area (Å²) in [6, 6.07) is 6.28. The normalized spacial score (nSPS) is 19.1. The van der Waals surface area contributed by atoms with Crippen LogP contribution in [0.1, 0.15) is 24.0 Å². The second kappa shape index (κ2) is 3.93. The molecule has 0 spiro atoms. The highest BCUT2D eigenvalue weighted by atomic mass is 16.4. The topological polar surface area (TPSA) is 49.3 Å². The van der Waals surface area contributed by atoms with Gasteiger partial charge in [-0.3, -0.25) is 4.79 Å². The molecule has 80 valence electrons. The van der Waals surface area contributed by atoms with E-state index in [1.165, 1.54) is 11.1 Å². The third-order valence-electron chi connectivity index (χ3n) is 2.89. The summed E-state index contributed by atoms with van der Waals surface area (Å²) in [4.78, 5) is 10.6. The summed E-state index contributed by atoms with van der Waals surface area (Å²) in [6.07, 6.45) is 2.08. The maximum Gasteiger partial charge on any atom is 0.305 e. The molecule has 0 bridgehead atoms. The lowest BCUT2D eigenvalue weighted by Gasteiger charge is -2.27. The SMILES string of the molecule is Cc1cccc2c1NC(CC(=O)O)CC2. The van der Waals surface area contributed by atoms with E-state index >= 15 is 0 Å². The number of carbonyl (C=O) groups is 1. The number of carboxylic acid groups (broad SMARTS) is 1. The Bertz CT molecular complexity index is 387. The van der Waals surface area contributed by atoms with Crippen LogP contribution in [0.15, 0.2) is 18.2 Å². The molecule has 1 aliphatic rings. The maximum atomic E-state index is 10.6. The van der Waals surface area contributed by atoms with Gasteiger partial charge in [-0.25, -0.2) is 0 Å². The van der Waals surface area contributed by atoms with Gasteiger partial charge in [-0.15, -0.1) is 0 Å². The van der Waals surface area contributed by atoms with Gasteiger partial charge in [-0.1, -0.05) is 18.2 Å². The van der Waals surface area contributed by atoms with Crippen molar-refractivity contribution < 1.29 is 9.90 Å². The first kappa shape index (κ1) is 10.0. The van der Waals surface area contributed by atoms with Gasteiger partial charge in [-0.2, -0.15) is 0 Å². The number of benzene rings is 1. The zero-order valence-electron chi connectivity index (χ0n) is 8.79. The summed E-state index contributed by atoms with van der Waals surface area (Å²) >= 11 is 0. The summed E-state index contributed by atoms with van der Waals surface area (Å²) in [5.41, 5.74) is 3.63. The molecule has 0 saturated carbocycles. The molecule has 1 aliphatic heterocycles. The highest BCUT2D eigenvalue weighted by Crippen LogP contribution is 2.28. The monoisotopic (exact) mass is 205 g/mol.